The van der Waals surface area contributed by atoms with Crippen molar-refractivity contribution in [3.63, 3.8) is 0 Å². The van der Waals surface area contributed by atoms with Crippen LogP contribution in [0.5, 0.6) is 0 Å². The summed E-state index contributed by atoms with van der Waals surface area (Å²) in [7, 11) is 0. The fourth-order valence-corrected chi connectivity index (χ4v) is 4.97. The predicted octanol–water partition coefficient (Wildman–Crippen LogP) is 6.85. The molecule has 3 aromatic rings. The maximum atomic E-state index is 10.8. The molecule has 1 unspecified atom stereocenters. The Bertz CT molecular complexity index is 1070. The van der Waals surface area contributed by atoms with Crippen LogP contribution >= 0.6 is 34.8 Å². The number of aliphatic hydroxyl groups excluding tert-OH is 1. The van der Waals surface area contributed by atoms with Crippen LogP contribution in [0.25, 0.3) is 11.0 Å². The van der Waals surface area contributed by atoms with Crippen LogP contribution in [0.2, 0.25) is 15.1 Å². The van der Waals surface area contributed by atoms with Gasteiger partial charge in [0, 0.05) is 23.7 Å². The molecule has 0 bridgehead atoms. The molecule has 1 N–H and O–H groups in total. The van der Waals surface area contributed by atoms with E-state index in [1.165, 1.54) is 0 Å². The number of aryl methyl sites for hydroxylation is 2. The van der Waals surface area contributed by atoms with Crippen molar-refractivity contribution < 1.29 is 5.11 Å². The van der Waals surface area contributed by atoms with E-state index in [4.69, 9.17) is 39.8 Å². The number of imidazole rings is 1. The first kappa shape index (κ1) is 20.5. The standard InChI is InChI=1S/C22H22Cl3N3O/c1-3-4-6-18(29)15-7-8-16(24)19-21(15)28-10-5-9-27(22(28)26-19)20-13(2)11-14(23)12-17(20)25/h3,7-8,11-12,18,29H,1,4-6,9-10H2,2H3. The third-order valence-electron chi connectivity index (χ3n) is 5.35. The molecule has 0 saturated heterocycles. The second-order valence-electron chi connectivity index (χ2n) is 7.34. The van der Waals surface area contributed by atoms with Crippen LogP contribution in [0.1, 0.15) is 36.5 Å². The van der Waals surface area contributed by atoms with E-state index in [9.17, 15) is 5.11 Å². The van der Waals surface area contributed by atoms with Gasteiger partial charge >= 0.3 is 0 Å². The molecule has 0 spiro atoms. The Labute approximate surface area is 185 Å². The van der Waals surface area contributed by atoms with Gasteiger partial charge in [0.25, 0.3) is 0 Å². The first-order valence-corrected chi connectivity index (χ1v) is 10.8. The molecule has 4 nitrogen and oxygen atoms in total. The number of hydrogen-bond donors (Lipinski definition) is 1. The van der Waals surface area contributed by atoms with Crippen LogP contribution in [-0.4, -0.2) is 21.2 Å². The van der Waals surface area contributed by atoms with Gasteiger partial charge in [-0.05, 0) is 49.9 Å². The van der Waals surface area contributed by atoms with E-state index in [1.807, 2.05) is 25.1 Å². The average molecular weight is 451 g/mol. The van der Waals surface area contributed by atoms with Crippen LogP contribution < -0.4 is 4.90 Å². The minimum absolute atomic E-state index is 0.570. The zero-order valence-electron chi connectivity index (χ0n) is 16.1. The molecule has 7 heteroatoms. The Morgan fingerprint density at radius 2 is 2.00 bits per heavy atom. The molecule has 0 fully saturated rings. The van der Waals surface area contributed by atoms with Gasteiger partial charge in [-0.2, -0.15) is 0 Å². The molecular weight excluding hydrogens is 429 g/mol. The Morgan fingerprint density at radius 1 is 1.21 bits per heavy atom. The normalized spacial score (nSPS) is 14.9. The molecule has 152 valence electrons. The predicted molar refractivity (Wildman–Crippen MR) is 122 cm³/mol. The topological polar surface area (TPSA) is 41.3 Å². The van der Waals surface area contributed by atoms with Gasteiger partial charge in [0.1, 0.15) is 5.52 Å². The molecule has 0 saturated carbocycles. The van der Waals surface area contributed by atoms with Crippen LogP contribution in [0, 0.1) is 6.92 Å². The number of rotatable bonds is 5. The van der Waals surface area contributed by atoms with Gasteiger partial charge in [0.15, 0.2) is 0 Å². The van der Waals surface area contributed by atoms with Crippen molar-refractivity contribution in [3.8, 4) is 0 Å². The maximum absolute atomic E-state index is 10.8. The lowest BCUT2D eigenvalue weighted by atomic mass is 10.0. The van der Waals surface area contributed by atoms with E-state index in [0.717, 1.165) is 54.2 Å². The molecule has 1 atom stereocenters. The second-order valence-corrected chi connectivity index (χ2v) is 8.59. The highest BCUT2D eigenvalue weighted by Gasteiger charge is 2.28. The van der Waals surface area contributed by atoms with Gasteiger partial charge in [0.05, 0.1) is 27.4 Å². The van der Waals surface area contributed by atoms with Crippen molar-refractivity contribution in [1.82, 2.24) is 9.55 Å². The van der Waals surface area contributed by atoms with Crippen LogP contribution in [0.3, 0.4) is 0 Å². The van der Waals surface area contributed by atoms with Gasteiger partial charge in [-0.1, -0.05) is 46.9 Å². The molecule has 0 amide bonds. The summed E-state index contributed by atoms with van der Waals surface area (Å²) >= 11 is 19.2. The summed E-state index contributed by atoms with van der Waals surface area (Å²) in [6.45, 7) is 7.33. The summed E-state index contributed by atoms with van der Waals surface area (Å²) in [6, 6.07) is 7.36. The Kier molecular flexibility index (Phi) is 5.80. The van der Waals surface area contributed by atoms with E-state index < -0.39 is 6.10 Å². The lowest BCUT2D eigenvalue weighted by Crippen LogP contribution is -2.29. The third kappa shape index (κ3) is 3.64. The highest BCUT2D eigenvalue weighted by molar-refractivity contribution is 6.37. The Morgan fingerprint density at radius 3 is 2.72 bits per heavy atom. The number of aliphatic hydroxyl groups is 1. The molecule has 0 aliphatic carbocycles. The van der Waals surface area contributed by atoms with Gasteiger partial charge in [-0.25, -0.2) is 4.98 Å². The molecular formula is C22H22Cl3N3O. The summed E-state index contributed by atoms with van der Waals surface area (Å²) in [4.78, 5) is 6.99. The third-order valence-corrected chi connectivity index (χ3v) is 6.16. The van der Waals surface area contributed by atoms with Crippen LogP contribution in [-0.2, 0) is 6.54 Å². The minimum atomic E-state index is -0.607. The number of halogens is 3. The second kappa shape index (κ2) is 8.19. The summed E-state index contributed by atoms with van der Waals surface area (Å²) in [5.41, 5.74) is 4.31. The Balaban J connectivity index is 1.91. The SMILES string of the molecule is C=CCCC(O)c1ccc(Cl)c2nc3n(c12)CCCN3c1c(C)cc(Cl)cc1Cl. The summed E-state index contributed by atoms with van der Waals surface area (Å²) in [6.07, 6.45) is 3.47. The summed E-state index contributed by atoms with van der Waals surface area (Å²) < 4.78 is 2.14. The van der Waals surface area contributed by atoms with Crippen molar-refractivity contribution in [2.24, 2.45) is 0 Å². The van der Waals surface area contributed by atoms with Gasteiger partial charge < -0.3 is 14.6 Å². The molecule has 1 aromatic heterocycles. The quantitative estimate of drug-likeness (QED) is 0.432. The highest BCUT2D eigenvalue weighted by atomic mass is 35.5. The van der Waals surface area contributed by atoms with Crippen molar-refractivity contribution in [2.45, 2.75) is 38.8 Å². The summed E-state index contributed by atoms with van der Waals surface area (Å²) in [5.74, 6) is 0.781. The molecule has 1 aliphatic heterocycles. The number of allylic oxidation sites excluding steroid dienone is 1. The minimum Gasteiger partial charge on any atom is -0.388 e. The van der Waals surface area contributed by atoms with Crippen molar-refractivity contribution >= 4 is 57.5 Å². The van der Waals surface area contributed by atoms with E-state index in [2.05, 4.69) is 16.0 Å². The zero-order valence-corrected chi connectivity index (χ0v) is 18.4. The first-order chi connectivity index (χ1) is 13.9. The Hall–Kier alpha value is -1.72. The van der Waals surface area contributed by atoms with Crippen molar-refractivity contribution in [1.29, 1.82) is 0 Å². The van der Waals surface area contributed by atoms with Gasteiger partial charge in [-0.15, -0.1) is 6.58 Å². The van der Waals surface area contributed by atoms with Gasteiger partial charge in [-0.3, -0.25) is 0 Å². The van der Waals surface area contributed by atoms with Gasteiger partial charge in [0.2, 0.25) is 5.95 Å². The lowest BCUT2D eigenvalue weighted by Gasteiger charge is -2.31. The largest absolute Gasteiger partial charge is 0.388 e. The van der Waals surface area contributed by atoms with E-state index in [0.29, 0.717) is 27.0 Å². The van der Waals surface area contributed by atoms with Crippen LogP contribution in [0.15, 0.2) is 36.9 Å². The molecule has 29 heavy (non-hydrogen) atoms. The van der Waals surface area contributed by atoms with E-state index >= 15 is 0 Å². The number of aromatic nitrogens is 2. The molecule has 4 rings (SSSR count). The first-order valence-electron chi connectivity index (χ1n) is 9.63. The molecule has 2 heterocycles. The summed E-state index contributed by atoms with van der Waals surface area (Å²) in [5, 5.41) is 12.6. The van der Waals surface area contributed by atoms with Crippen LogP contribution in [0.4, 0.5) is 11.6 Å². The van der Waals surface area contributed by atoms with E-state index in [1.54, 1.807) is 12.1 Å². The average Bonchev–Trinajstić information content (AvgIpc) is 3.07. The maximum Gasteiger partial charge on any atom is 0.211 e. The van der Waals surface area contributed by atoms with Crippen molar-refractivity contribution in [2.75, 3.05) is 11.4 Å². The molecule has 1 aliphatic rings. The monoisotopic (exact) mass is 449 g/mol. The molecule has 0 radical (unpaired) electrons. The number of nitrogens with zero attached hydrogens (tertiary/aromatic N) is 3. The number of fused-ring (bicyclic) bond motifs is 3. The zero-order chi connectivity index (χ0) is 20.7. The van der Waals surface area contributed by atoms with Crippen molar-refractivity contribution in [3.05, 3.63) is 63.1 Å². The number of hydrogen-bond acceptors (Lipinski definition) is 3. The highest BCUT2D eigenvalue weighted by Crippen LogP contribution is 2.42. The smallest absolute Gasteiger partial charge is 0.211 e. The molecule has 2 aromatic carbocycles. The fraction of sp³-hybridized carbons (Fsp3) is 0.318. The lowest BCUT2D eigenvalue weighted by molar-refractivity contribution is 0.170. The van der Waals surface area contributed by atoms with E-state index in [-0.39, 0.29) is 0 Å². The number of anilines is 2. The fourth-order valence-electron chi connectivity index (χ4n) is 4.07. The number of benzene rings is 2.